The summed E-state index contributed by atoms with van der Waals surface area (Å²) in [5.74, 6) is -0.891. The predicted octanol–water partition coefficient (Wildman–Crippen LogP) is 22.9. The molecule has 0 heterocycles. The maximum atomic E-state index is 12.8. The van der Waals surface area contributed by atoms with Crippen molar-refractivity contribution in [2.24, 2.45) is 0 Å². The summed E-state index contributed by atoms with van der Waals surface area (Å²) < 4.78 is 16.9. The molecule has 0 aliphatic carbocycles. The summed E-state index contributed by atoms with van der Waals surface area (Å²) >= 11 is 0. The average molecular weight is 1070 g/mol. The first-order chi connectivity index (χ1) is 37.5. The second kappa shape index (κ2) is 64.9. The number of esters is 3. The van der Waals surface area contributed by atoms with Gasteiger partial charge in [0.2, 0.25) is 0 Å². The summed E-state index contributed by atoms with van der Waals surface area (Å²) in [5.41, 5.74) is 0. The van der Waals surface area contributed by atoms with E-state index in [1.165, 1.54) is 238 Å². The van der Waals surface area contributed by atoms with Crippen LogP contribution in [0.4, 0.5) is 0 Å². The molecule has 0 spiro atoms. The van der Waals surface area contributed by atoms with Crippen LogP contribution >= 0.6 is 0 Å². The van der Waals surface area contributed by atoms with Gasteiger partial charge in [-0.15, -0.1) is 0 Å². The quantitative estimate of drug-likeness (QED) is 0.0261. The number of hydrogen-bond donors (Lipinski definition) is 0. The van der Waals surface area contributed by atoms with Crippen molar-refractivity contribution in [1.29, 1.82) is 0 Å². The normalized spacial score (nSPS) is 12.3. The summed E-state index contributed by atoms with van der Waals surface area (Å²) in [7, 11) is 0. The van der Waals surface area contributed by atoms with Crippen molar-refractivity contribution in [1.82, 2.24) is 0 Å². The van der Waals surface area contributed by atoms with Crippen molar-refractivity contribution in [3.05, 3.63) is 48.6 Å². The first-order valence-corrected chi connectivity index (χ1v) is 33.6. The first kappa shape index (κ1) is 73.4. The lowest BCUT2D eigenvalue weighted by Gasteiger charge is -2.18. The lowest BCUT2D eigenvalue weighted by molar-refractivity contribution is -0.167. The van der Waals surface area contributed by atoms with Crippen LogP contribution in [0.1, 0.15) is 361 Å². The Morgan fingerprint density at radius 1 is 0.276 bits per heavy atom. The Bertz CT molecular complexity index is 1310. The number of unbranched alkanes of at least 4 members (excludes halogenated alkanes) is 43. The standard InChI is InChI=1S/C70H128O6/c1-4-7-10-13-16-19-22-25-26-27-28-29-30-31-32-33-34-35-36-37-38-39-40-41-42-43-44-46-48-51-54-57-60-63-69(72)75-66-67(65-74-68(71)62-59-56-53-50-47-24-21-18-15-12-9-6-3)76-70(73)64-61-58-55-52-49-45-23-20-17-14-11-8-5-2/h8,11,17,20,27-28,45,49,67H,4-7,9-10,12-16,18-19,21-26,29-44,46-48,50-66H2,1-3H3/b11-8-,20-17-,28-27-,49-45-. The summed E-state index contributed by atoms with van der Waals surface area (Å²) in [5, 5.41) is 0. The van der Waals surface area contributed by atoms with E-state index in [1.54, 1.807) is 0 Å². The molecule has 0 saturated heterocycles. The van der Waals surface area contributed by atoms with Gasteiger partial charge >= 0.3 is 17.9 Å². The van der Waals surface area contributed by atoms with Crippen LogP contribution in [0.5, 0.6) is 0 Å². The van der Waals surface area contributed by atoms with Gasteiger partial charge in [-0.25, -0.2) is 0 Å². The zero-order chi connectivity index (χ0) is 55.0. The maximum absolute atomic E-state index is 12.8. The van der Waals surface area contributed by atoms with Gasteiger partial charge in [0.15, 0.2) is 6.10 Å². The van der Waals surface area contributed by atoms with Crippen LogP contribution in [0, 0.1) is 0 Å². The average Bonchev–Trinajstić information content (AvgIpc) is 3.42. The van der Waals surface area contributed by atoms with Crippen molar-refractivity contribution in [2.45, 2.75) is 367 Å². The molecule has 0 aromatic rings. The fourth-order valence-electron chi connectivity index (χ4n) is 10.0. The molecule has 0 rings (SSSR count). The van der Waals surface area contributed by atoms with Crippen molar-refractivity contribution in [3.63, 3.8) is 0 Å². The molecule has 0 aromatic carbocycles. The summed E-state index contributed by atoms with van der Waals surface area (Å²) in [6.45, 7) is 6.54. The van der Waals surface area contributed by atoms with Crippen molar-refractivity contribution >= 4 is 17.9 Å². The van der Waals surface area contributed by atoms with Crippen molar-refractivity contribution in [2.75, 3.05) is 13.2 Å². The largest absolute Gasteiger partial charge is 0.462 e. The van der Waals surface area contributed by atoms with Crippen LogP contribution < -0.4 is 0 Å². The molecule has 0 fully saturated rings. The molecule has 0 aliphatic heterocycles. The topological polar surface area (TPSA) is 78.9 Å². The van der Waals surface area contributed by atoms with Gasteiger partial charge < -0.3 is 14.2 Å². The molecule has 1 unspecified atom stereocenters. The zero-order valence-corrected chi connectivity index (χ0v) is 51.0. The minimum Gasteiger partial charge on any atom is -0.462 e. The lowest BCUT2D eigenvalue weighted by atomic mass is 10.0. The van der Waals surface area contributed by atoms with Crippen LogP contribution in [-0.4, -0.2) is 37.2 Å². The monoisotopic (exact) mass is 1060 g/mol. The minimum absolute atomic E-state index is 0.0805. The Balaban J connectivity index is 4.05. The molecule has 0 aromatic heterocycles. The molecular formula is C70H128O6. The molecule has 76 heavy (non-hydrogen) atoms. The molecule has 0 amide bonds. The number of carbonyl (C=O) groups is 3. The fraction of sp³-hybridized carbons (Fsp3) is 0.843. The van der Waals surface area contributed by atoms with Crippen LogP contribution in [0.3, 0.4) is 0 Å². The van der Waals surface area contributed by atoms with E-state index in [9.17, 15) is 14.4 Å². The molecule has 1 atom stereocenters. The van der Waals surface area contributed by atoms with Gasteiger partial charge in [0, 0.05) is 19.3 Å². The highest BCUT2D eigenvalue weighted by molar-refractivity contribution is 5.71. The highest BCUT2D eigenvalue weighted by atomic mass is 16.6. The third-order valence-electron chi connectivity index (χ3n) is 15.1. The maximum Gasteiger partial charge on any atom is 0.306 e. The fourth-order valence-corrected chi connectivity index (χ4v) is 10.0. The second-order valence-electron chi connectivity index (χ2n) is 22.7. The molecule has 0 saturated carbocycles. The van der Waals surface area contributed by atoms with Crippen molar-refractivity contribution < 1.29 is 28.6 Å². The van der Waals surface area contributed by atoms with Gasteiger partial charge in [-0.05, 0) is 77.0 Å². The first-order valence-electron chi connectivity index (χ1n) is 33.6. The molecular weight excluding hydrogens is 937 g/mol. The molecule has 6 nitrogen and oxygen atoms in total. The summed E-state index contributed by atoms with van der Waals surface area (Å²) in [4.78, 5) is 38.2. The van der Waals surface area contributed by atoms with E-state index in [0.29, 0.717) is 19.3 Å². The highest BCUT2D eigenvalue weighted by Crippen LogP contribution is 2.18. The second-order valence-corrected chi connectivity index (χ2v) is 22.7. The molecule has 6 heteroatoms. The van der Waals surface area contributed by atoms with E-state index >= 15 is 0 Å². The van der Waals surface area contributed by atoms with E-state index in [4.69, 9.17) is 14.2 Å². The Morgan fingerprint density at radius 2 is 0.513 bits per heavy atom. The SMILES string of the molecule is CC/C=C\C/C=C\C/C=C\CCCCCC(=O)OC(COC(=O)CCCCCCCCCCCCCC)COC(=O)CCCCCCCCCCCCCCCCCCCCCCC/C=C\CCCCCCCCCC. The third kappa shape index (κ3) is 62.2. The molecule has 0 aliphatic rings. The smallest absolute Gasteiger partial charge is 0.306 e. The van der Waals surface area contributed by atoms with Crippen LogP contribution in [-0.2, 0) is 28.6 Å². The Morgan fingerprint density at radius 3 is 0.829 bits per heavy atom. The number of rotatable bonds is 62. The lowest BCUT2D eigenvalue weighted by Crippen LogP contribution is -2.30. The number of ether oxygens (including phenoxy) is 3. The zero-order valence-electron chi connectivity index (χ0n) is 51.0. The van der Waals surface area contributed by atoms with Gasteiger partial charge in [0.05, 0.1) is 0 Å². The number of carbonyl (C=O) groups excluding carboxylic acids is 3. The van der Waals surface area contributed by atoms with E-state index in [2.05, 4.69) is 69.4 Å². The van der Waals surface area contributed by atoms with Gasteiger partial charge in [0.1, 0.15) is 13.2 Å². The number of allylic oxidation sites excluding steroid dienone is 8. The minimum atomic E-state index is -0.785. The van der Waals surface area contributed by atoms with E-state index in [-0.39, 0.29) is 31.1 Å². The molecule has 0 radical (unpaired) electrons. The summed E-state index contributed by atoms with van der Waals surface area (Å²) in [6, 6.07) is 0. The van der Waals surface area contributed by atoms with E-state index < -0.39 is 6.10 Å². The Kier molecular flexibility index (Phi) is 62.6. The van der Waals surface area contributed by atoms with Crippen molar-refractivity contribution in [3.8, 4) is 0 Å². The number of hydrogen-bond acceptors (Lipinski definition) is 6. The molecule has 444 valence electrons. The third-order valence-corrected chi connectivity index (χ3v) is 15.1. The highest BCUT2D eigenvalue weighted by Gasteiger charge is 2.19. The molecule has 0 N–H and O–H groups in total. The summed E-state index contributed by atoms with van der Waals surface area (Å²) in [6.07, 6.45) is 81.6. The van der Waals surface area contributed by atoms with Gasteiger partial charge in [-0.1, -0.05) is 313 Å². The van der Waals surface area contributed by atoms with Crippen LogP contribution in [0.25, 0.3) is 0 Å². The van der Waals surface area contributed by atoms with Gasteiger partial charge in [0.25, 0.3) is 0 Å². The Hall–Kier alpha value is -2.63. The Labute approximate surface area is 473 Å². The molecule has 0 bridgehead atoms. The van der Waals surface area contributed by atoms with E-state index in [1.807, 2.05) is 0 Å². The van der Waals surface area contributed by atoms with Crippen LogP contribution in [0.15, 0.2) is 48.6 Å². The van der Waals surface area contributed by atoms with Gasteiger partial charge in [-0.2, -0.15) is 0 Å². The van der Waals surface area contributed by atoms with Crippen LogP contribution in [0.2, 0.25) is 0 Å². The predicted molar refractivity (Wildman–Crippen MR) is 330 cm³/mol. The van der Waals surface area contributed by atoms with E-state index in [0.717, 1.165) is 83.5 Å². The van der Waals surface area contributed by atoms with Gasteiger partial charge in [-0.3, -0.25) is 14.4 Å².